The van der Waals surface area contributed by atoms with Gasteiger partial charge in [-0.1, -0.05) is 18.2 Å². The van der Waals surface area contributed by atoms with Gasteiger partial charge in [0.05, 0.1) is 21.3 Å². The highest BCUT2D eigenvalue weighted by Crippen LogP contribution is 2.36. The van der Waals surface area contributed by atoms with E-state index < -0.39 is 0 Å². The van der Waals surface area contributed by atoms with E-state index in [0.29, 0.717) is 22.8 Å². The van der Waals surface area contributed by atoms with Gasteiger partial charge in [-0.2, -0.15) is 0 Å². The van der Waals surface area contributed by atoms with Crippen molar-refractivity contribution < 1.29 is 23.7 Å². The van der Waals surface area contributed by atoms with Crippen LogP contribution >= 0.6 is 0 Å². The molecule has 6 heteroatoms. The van der Waals surface area contributed by atoms with E-state index >= 15 is 0 Å². The number of rotatable bonds is 10. The maximum absolute atomic E-state index is 12.9. The molecule has 2 aromatic carbocycles. The fraction of sp³-hybridized carbons (Fsp3) is 0.320. The molecule has 6 nitrogen and oxygen atoms in total. The topological polar surface area (TPSA) is 58.9 Å². The number of ketones is 1. The van der Waals surface area contributed by atoms with E-state index in [2.05, 4.69) is 16.7 Å². The second-order valence-corrected chi connectivity index (χ2v) is 7.24. The van der Waals surface area contributed by atoms with Crippen LogP contribution in [0.15, 0.2) is 48.5 Å². The third kappa shape index (κ3) is 5.02. The Hall–Kier alpha value is -3.41. The predicted octanol–water partition coefficient (Wildman–Crippen LogP) is 4.64. The Bertz CT molecular complexity index is 1010. The number of Topliss-reactive ketones (excluding diaryl/α,β-unsaturated/α-hetero) is 1. The van der Waals surface area contributed by atoms with Gasteiger partial charge in [0.2, 0.25) is 11.5 Å². The quantitative estimate of drug-likeness (QED) is 0.445. The fourth-order valence-corrected chi connectivity index (χ4v) is 3.64. The summed E-state index contributed by atoms with van der Waals surface area (Å²) in [4.78, 5) is 12.9. The molecule has 1 heterocycles. The van der Waals surface area contributed by atoms with E-state index in [1.165, 1.54) is 5.56 Å². The molecule has 164 valence electrons. The Morgan fingerprint density at radius 1 is 0.903 bits per heavy atom. The van der Waals surface area contributed by atoms with Crippen LogP contribution in [0.5, 0.6) is 23.0 Å². The lowest BCUT2D eigenvalue weighted by molar-refractivity contribution is 0.0916. The van der Waals surface area contributed by atoms with Crippen molar-refractivity contribution in [2.24, 2.45) is 0 Å². The lowest BCUT2D eigenvalue weighted by Crippen LogP contribution is -2.14. The standard InChI is InChI=1S/C25H29NO5/c1-17-15-21(18(2)26(17)14-13-19-9-11-20(28-3)12-10-19)22(27)16-31-25-23(29-4)7-6-8-24(25)30-5/h6-12,15H,13-14,16H2,1-5H3. The van der Waals surface area contributed by atoms with Gasteiger partial charge in [-0.3, -0.25) is 4.79 Å². The number of hydrogen-bond acceptors (Lipinski definition) is 5. The second-order valence-electron chi connectivity index (χ2n) is 7.24. The summed E-state index contributed by atoms with van der Waals surface area (Å²) in [5.74, 6) is 2.23. The number of benzene rings is 2. The molecule has 3 aromatic rings. The van der Waals surface area contributed by atoms with Gasteiger partial charge in [-0.05, 0) is 56.2 Å². The zero-order valence-electron chi connectivity index (χ0n) is 18.7. The predicted molar refractivity (Wildman–Crippen MR) is 120 cm³/mol. The number of carbonyl (C=O) groups is 1. The number of aromatic nitrogens is 1. The van der Waals surface area contributed by atoms with E-state index in [4.69, 9.17) is 18.9 Å². The van der Waals surface area contributed by atoms with Crippen LogP contribution in [0.1, 0.15) is 27.3 Å². The van der Waals surface area contributed by atoms with Crippen LogP contribution in [-0.2, 0) is 13.0 Å². The van der Waals surface area contributed by atoms with Crippen molar-refractivity contribution in [1.29, 1.82) is 0 Å². The van der Waals surface area contributed by atoms with Gasteiger partial charge >= 0.3 is 0 Å². The van der Waals surface area contributed by atoms with Crippen molar-refractivity contribution in [2.45, 2.75) is 26.8 Å². The summed E-state index contributed by atoms with van der Waals surface area (Å²) in [6.07, 6.45) is 0.864. The molecule has 0 saturated carbocycles. The number of nitrogens with zero attached hydrogens (tertiary/aromatic N) is 1. The summed E-state index contributed by atoms with van der Waals surface area (Å²) in [6, 6.07) is 15.3. The summed E-state index contributed by atoms with van der Waals surface area (Å²) in [6.45, 7) is 4.68. The van der Waals surface area contributed by atoms with Gasteiger partial charge < -0.3 is 23.5 Å². The van der Waals surface area contributed by atoms with Crippen LogP contribution in [0.2, 0.25) is 0 Å². The molecule has 0 amide bonds. The van der Waals surface area contributed by atoms with Crippen LogP contribution in [0.4, 0.5) is 0 Å². The molecule has 0 radical (unpaired) electrons. The minimum absolute atomic E-state index is 0.0863. The molecule has 0 atom stereocenters. The molecule has 0 bridgehead atoms. The molecule has 0 unspecified atom stereocenters. The maximum Gasteiger partial charge on any atom is 0.203 e. The van der Waals surface area contributed by atoms with Gasteiger partial charge in [-0.15, -0.1) is 0 Å². The van der Waals surface area contributed by atoms with Crippen molar-refractivity contribution in [3.8, 4) is 23.0 Å². The third-order valence-electron chi connectivity index (χ3n) is 5.39. The minimum Gasteiger partial charge on any atom is -0.497 e. The summed E-state index contributed by atoms with van der Waals surface area (Å²) < 4.78 is 23.8. The van der Waals surface area contributed by atoms with E-state index in [1.54, 1.807) is 33.5 Å². The molecule has 0 N–H and O–H groups in total. The highest BCUT2D eigenvalue weighted by Gasteiger charge is 2.18. The number of methoxy groups -OCH3 is 3. The van der Waals surface area contributed by atoms with Crippen LogP contribution in [-0.4, -0.2) is 38.3 Å². The average molecular weight is 424 g/mol. The summed E-state index contributed by atoms with van der Waals surface area (Å²) in [5.41, 5.74) is 3.87. The van der Waals surface area contributed by atoms with E-state index in [1.807, 2.05) is 38.1 Å². The molecular weight excluding hydrogens is 394 g/mol. The van der Waals surface area contributed by atoms with Crippen molar-refractivity contribution in [2.75, 3.05) is 27.9 Å². The third-order valence-corrected chi connectivity index (χ3v) is 5.39. The molecular formula is C25H29NO5. The van der Waals surface area contributed by atoms with Gasteiger partial charge in [0.1, 0.15) is 5.75 Å². The van der Waals surface area contributed by atoms with E-state index in [0.717, 1.165) is 30.1 Å². The van der Waals surface area contributed by atoms with E-state index in [9.17, 15) is 4.79 Å². The Kier molecular flexibility index (Phi) is 7.23. The van der Waals surface area contributed by atoms with Crippen LogP contribution in [0.25, 0.3) is 0 Å². The fourth-order valence-electron chi connectivity index (χ4n) is 3.64. The highest BCUT2D eigenvalue weighted by molar-refractivity contribution is 5.98. The lowest BCUT2D eigenvalue weighted by atomic mass is 10.1. The molecule has 1 aromatic heterocycles. The number of ether oxygens (including phenoxy) is 4. The largest absolute Gasteiger partial charge is 0.497 e. The van der Waals surface area contributed by atoms with Crippen LogP contribution in [0, 0.1) is 13.8 Å². The SMILES string of the molecule is COc1ccc(CCn2c(C)cc(C(=O)COc3c(OC)cccc3OC)c2C)cc1. The zero-order valence-corrected chi connectivity index (χ0v) is 18.7. The molecule has 0 spiro atoms. The average Bonchev–Trinajstić information content (AvgIpc) is 3.09. The normalized spacial score (nSPS) is 10.6. The van der Waals surface area contributed by atoms with Crippen LogP contribution < -0.4 is 18.9 Å². The zero-order chi connectivity index (χ0) is 22.4. The first-order valence-electron chi connectivity index (χ1n) is 10.1. The molecule has 31 heavy (non-hydrogen) atoms. The maximum atomic E-state index is 12.9. The van der Waals surface area contributed by atoms with Gasteiger partial charge in [0.15, 0.2) is 18.1 Å². The lowest BCUT2D eigenvalue weighted by Gasteiger charge is -2.14. The molecule has 0 saturated heterocycles. The van der Waals surface area contributed by atoms with E-state index in [-0.39, 0.29) is 12.4 Å². The molecule has 0 fully saturated rings. The van der Waals surface area contributed by atoms with Crippen molar-refractivity contribution in [3.63, 3.8) is 0 Å². The Morgan fingerprint density at radius 2 is 1.55 bits per heavy atom. The van der Waals surface area contributed by atoms with Gasteiger partial charge in [0, 0.05) is 23.5 Å². The Labute approximate surface area is 183 Å². The molecule has 0 aliphatic carbocycles. The first-order chi connectivity index (χ1) is 15.0. The Morgan fingerprint density at radius 3 is 2.13 bits per heavy atom. The first-order valence-corrected chi connectivity index (χ1v) is 10.1. The van der Waals surface area contributed by atoms with Gasteiger partial charge in [-0.25, -0.2) is 0 Å². The number of para-hydroxylation sites is 1. The van der Waals surface area contributed by atoms with Crippen molar-refractivity contribution in [3.05, 3.63) is 71.0 Å². The smallest absolute Gasteiger partial charge is 0.203 e. The highest BCUT2D eigenvalue weighted by atomic mass is 16.5. The molecule has 0 aliphatic rings. The summed E-state index contributed by atoms with van der Waals surface area (Å²) in [7, 11) is 4.77. The summed E-state index contributed by atoms with van der Waals surface area (Å²) >= 11 is 0. The minimum atomic E-state index is -0.0977. The Balaban J connectivity index is 1.70. The number of aryl methyl sites for hydroxylation is 2. The molecule has 0 aliphatic heterocycles. The van der Waals surface area contributed by atoms with Gasteiger partial charge in [0.25, 0.3) is 0 Å². The van der Waals surface area contributed by atoms with Crippen LogP contribution in [0.3, 0.4) is 0 Å². The first kappa shape index (κ1) is 22.3. The monoisotopic (exact) mass is 423 g/mol. The molecule has 3 rings (SSSR count). The summed E-state index contributed by atoms with van der Waals surface area (Å²) in [5, 5.41) is 0. The van der Waals surface area contributed by atoms with Crippen molar-refractivity contribution in [1.82, 2.24) is 4.57 Å². The van der Waals surface area contributed by atoms with Crippen molar-refractivity contribution >= 4 is 5.78 Å². The number of carbonyl (C=O) groups excluding carboxylic acids is 1. The second kappa shape index (κ2) is 10.1. The number of hydrogen-bond donors (Lipinski definition) is 0.